The molecule has 0 heterocycles. The molecule has 0 aromatic carbocycles. The van der Waals surface area contributed by atoms with E-state index in [0.29, 0.717) is 13.6 Å². The van der Waals surface area contributed by atoms with Gasteiger partial charge in [-0.05, 0) is 51.4 Å². The van der Waals surface area contributed by atoms with Gasteiger partial charge >= 0.3 is 0 Å². The van der Waals surface area contributed by atoms with Gasteiger partial charge in [-0.3, -0.25) is 0 Å². The van der Waals surface area contributed by atoms with Gasteiger partial charge in [0.2, 0.25) is 0 Å². The number of allylic oxidation sites excluding steroid dienone is 4. The van der Waals surface area contributed by atoms with Gasteiger partial charge in [-0.1, -0.05) is 180 Å². The van der Waals surface area contributed by atoms with E-state index in [1.165, 1.54) is 167 Å². The first-order valence-electron chi connectivity index (χ1n) is 19.4. The quantitative estimate of drug-likeness (QED) is 0.0407. The second-order valence-corrected chi connectivity index (χ2v) is 12.4. The van der Waals surface area contributed by atoms with Crippen molar-refractivity contribution in [2.24, 2.45) is 0 Å². The fourth-order valence-electron chi connectivity index (χ4n) is 5.02. The molecule has 3 heteroatoms. The Labute approximate surface area is 272 Å². The molecule has 0 rings (SSSR count). The molecule has 258 valence electrons. The van der Waals surface area contributed by atoms with Gasteiger partial charge < -0.3 is 14.2 Å². The highest BCUT2D eigenvalue weighted by atomic mass is 16.7. The third kappa shape index (κ3) is 48.5. The molecule has 0 aromatic heterocycles. The summed E-state index contributed by atoms with van der Waals surface area (Å²) in [4.78, 5) is 0. The molecule has 0 saturated carbocycles. The number of ether oxygens (including phenoxy) is 3. The van der Waals surface area contributed by atoms with Crippen LogP contribution < -0.4 is 0 Å². The topological polar surface area (TPSA) is 27.7 Å². The Hall–Kier alpha value is -0.640. The van der Waals surface area contributed by atoms with Crippen LogP contribution in [-0.2, 0) is 14.2 Å². The van der Waals surface area contributed by atoms with Gasteiger partial charge in [0.15, 0.2) is 0 Å². The van der Waals surface area contributed by atoms with Gasteiger partial charge in [-0.2, -0.15) is 0 Å². The van der Waals surface area contributed by atoms with Crippen LogP contribution in [0.1, 0.15) is 207 Å². The molecule has 0 amide bonds. The fraction of sp³-hybridized carbons (Fsp3) is 0.900. The molecule has 43 heavy (non-hydrogen) atoms. The Bertz CT molecular complexity index is 480. The van der Waals surface area contributed by atoms with Crippen molar-refractivity contribution in [1.29, 1.82) is 0 Å². The summed E-state index contributed by atoms with van der Waals surface area (Å²) >= 11 is 0. The second-order valence-electron chi connectivity index (χ2n) is 12.4. The Morgan fingerprint density at radius 3 is 1.02 bits per heavy atom. The van der Waals surface area contributed by atoms with E-state index in [0.717, 1.165) is 26.1 Å². The summed E-state index contributed by atoms with van der Waals surface area (Å²) in [5, 5.41) is 0. The van der Waals surface area contributed by atoms with Gasteiger partial charge in [0.25, 0.3) is 0 Å². The van der Waals surface area contributed by atoms with Gasteiger partial charge in [-0.25, -0.2) is 0 Å². The molecule has 0 aliphatic carbocycles. The SMILES string of the molecule is CC/C=C/CCCCCCCC/C=C\CCCC.CCCCCCCCCCOCOCOCCCCCCCCCC. The highest BCUT2D eigenvalue weighted by Crippen LogP contribution is 2.11. The summed E-state index contributed by atoms with van der Waals surface area (Å²) < 4.78 is 16.3. The molecule has 0 spiro atoms. The maximum absolute atomic E-state index is 5.47. The number of hydrogen-bond donors (Lipinski definition) is 0. The molecule has 0 aliphatic rings. The van der Waals surface area contributed by atoms with Gasteiger partial charge in [0.05, 0.1) is 0 Å². The molecule has 0 aromatic rings. The number of unbranched alkanes of at least 4 members (excludes halogenated alkanes) is 23. The van der Waals surface area contributed by atoms with Crippen molar-refractivity contribution in [1.82, 2.24) is 0 Å². The second kappa shape index (κ2) is 45.8. The summed E-state index contributed by atoms with van der Waals surface area (Å²) in [5.74, 6) is 0. The van der Waals surface area contributed by atoms with Gasteiger partial charge in [0, 0.05) is 13.2 Å². The van der Waals surface area contributed by atoms with E-state index in [4.69, 9.17) is 14.2 Å². The molecule has 0 unspecified atom stereocenters. The van der Waals surface area contributed by atoms with Crippen molar-refractivity contribution in [3.05, 3.63) is 24.3 Å². The molecular formula is C40H80O3. The highest BCUT2D eigenvalue weighted by Gasteiger charge is 1.95. The molecule has 0 N–H and O–H groups in total. The minimum Gasteiger partial charge on any atom is -0.355 e. The lowest BCUT2D eigenvalue weighted by Crippen LogP contribution is -2.06. The predicted molar refractivity (Wildman–Crippen MR) is 193 cm³/mol. The normalized spacial score (nSPS) is 11.5. The lowest BCUT2D eigenvalue weighted by molar-refractivity contribution is -0.131. The van der Waals surface area contributed by atoms with E-state index in [1.54, 1.807) is 0 Å². The fourth-order valence-corrected chi connectivity index (χ4v) is 5.02. The van der Waals surface area contributed by atoms with Crippen molar-refractivity contribution < 1.29 is 14.2 Å². The minimum absolute atomic E-state index is 0.369. The Morgan fingerprint density at radius 1 is 0.302 bits per heavy atom. The first-order valence-corrected chi connectivity index (χ1v) is 19.4. The minimum atomic E-state index is 0.369. The van der Waals surface area contributed by atoms with Gasteiger partial charge in [0.1, 0.15) is 13.6 Å². The number of hydrogen-bond acceptors (Lipinski definition) is 3. The summed E-state index contributed by atoms with van der Waals surface area (Å²) in [6.07, 6.45) is 46.9. The molecular weight excluding hydrogens is 528 g/mol. The van der Waals surface area contributed by atoms with Crippen LogP contribution >= 0.6 is 0 Å². The monoisotopic (exact) mass is 609 g/mol. The Kier molecular flexibility index (Phi) is 47.4. The van der Waals surface area contributed by atoms with Crippen molar-refractivity contribution in [2.75, 3.05) is 26.8 Å². The molecule has 0 saturated heterocycles. The highest BCUT2D eigenvalue weighted by molar-refractivity contribution is 4.81. The lowest BCUT2D eigenvalue weighted by Gasteiger charge is -2.07. The van der Waals surface area contributed by atoms with Crippen molar-refractivity contribution in [3.63, 3.8) is 0 Å². The van der Waals surface area contributed by atoms with Crippen LogP contribution in [0.3, 0.4) is 0 Å². The molecule has 0 atom stereocenters. The zero-order chi connectivity index (χ0) is 31.6. The van der Waals surface area contributed by atoms with E-state index >= 15 is 0 Å². The average Bonchev–Trinajstić information content (AvgIpc) is 3.02. The van der Waals surface area contributed by atoms with E-state index in [1.807, 2.05) is 0 Å². The Morgan fingerprint density at radius 2 is 0.628 bits per heavy atom. The maximum Gasteiger partial charge on any atom is 0.149 e. The van der Waals surface area contributed by atoms with E-state index in [9.17, 15) is 0 Å². The van der Waals surface area contributed by atoms with Crippen LogP contribution in [0.15, 0.2) is 24.3 Å². The molecule has 0 radical (unpaired) electrons. The van der Waals surface area contributed by atoms with E-state index < -0.39 is 0 Å². The van der Waals surface area contributed by atoms with Crippen LogP contribution in [0.4, 0.5) is 0 Å². The summed E-state index contributed by atoms with van der Waals surface area (Å²) in [6.45, 7) is 11.3. The van der Waals surface area contributed by atoms with Crippen LogP contribution in [0, 0.1) is 0 Å². The predicted octanol–water partition coefficient (Wildman–Crippen LogP) is 14.1. The third-order valence-electron chi connectivity index (χ3n) is 7.90. The standard InChI is InChI=1S/C22H46O3.C18H34/c1-3-5-7-9-11-13-15-17-19-23-21-25-22-24-20-18-16-14-12-10-8-6-4-2;1-3-5-7-9-11-13-15-17-18-16-14-12-10-8-6-4-2/h3-22H2,1-2H3;5,7,10,12H,3-4,6,8-9,11,13-18H2,1-2H3/b;7-5+,12-10-. The first-order chi connectivity index (χ1) is 21.3. The summed E-state index contributed by atoms with van der Waals surface area (Å²) in [6, 6.07) is 0. The summed E-state index contributed by atoms with van der Waals surface area (Å²) in [7, 11) is 0. The average molecular weight is 609 g/mol. The largest absolute Gasteiger partial charge is 0.355 e. The van der Waals surface area contributed by atoms with E-state index in [2.05, 4.69) is 52.0 Å². The summed E-state index contributed by atoms with van der Waals surface area (Å²) in [5.41, 5.74) is 0. The van der Waals surface area contributed by atoms with Crippen LogP contribution in [0.5, 0.6) is 0 Å². The van der Waals surface area contributed by atoms with Crippen LogP contribution in [0.25, 0.3) is 0 Å². The van der Waals surface area contributed by atoms with Crippen LogP contribution in [0.2, 0.25) is 0 Å². The lowest BCUT2D eigenvalue weighted by atomic mass is 10.1. The first kappa shape index (κ1) is 44.5. The van der Waals surface area contributed by atoms with Crippen molar-refractivity contribution in [3.8, 4) is 0 Å². The Balaban J connectivity index is 0. The zero-order valence-electron chi connectivity index (χ0n) is 30.2. The van der Waals surface area contributed by atoms with Crippen LogP contribution in [-0.4, -0.2) is 26.8 Å². The number of rotatable bonds is 35. The van der Waals surface area contributed by atoms with Gasteiger partial charge in [-0.15, -0.1) is 0 Å². The molecule has 0 aliphatic heterocycles. The zero-order valence-corrected chi connectivity index (χ0v) is 30.2. The molecule has 0 bridgehead atoms. The van der Waals surface area contributed by atoms with Crippen molar-refractivity contribution in [2.45, 2.75) is 207 Å². The molecule has 3 nitrogen and oxygen atoms in total. The maximum atomic E-state index is 5.47. The smallest absolute Gasteiger partial charge is 0.149 e. The van der Waals surface area contributed by atoms with Crippen molar-refractivity contribution >= 4 is 0 Å². The van der Waals surface area contributed by atoms with E-state index in [-0.39, 0.29) is 0 Å². The molecule has 0 fully saturated rings. The third-order valence-corrected chi connectivity index (χ3v) is 7.90.